The van der Waals surface area contributed by atoms with E-state index in [1.54, 1.807) is 0 Å². The second-order valence-electron chi connectivity index (χ2n) is 5.30. The van der Waals surface area contributed by atoms with E-state index in [9.17, 15) is 10.1 Å². The van der Waals surface area contributed by atoms with Crippen LogP contribution >= 0.6 is 11.3 Å². The molecule has 0 aliphatic carbocycles. The van der Waals surface area contributed by atoms with E-state index in [0.29, 0.717) is 16.2 Å². The zero-order chi connectivity index (χ0) is 16.0. The minimum atomic E-state index is -0.245. The summed E-state index contributed by atoms with van der Waals surface area (Å²) in [4.78, 5) is 16.9. The van der Waals surface area contributed by atoms with Gasteiger partial charge >= 0.3 is 0 Å². The number of anilines is 1. The van der Waals surface area contributed by atoms with Gasteiger partial charge in [-0.15, -0.1) is 11.3 Å². The number of carbonyl (C=O) groups excluding carboxylic acids is 1. The summed E-state index contributed by atoms with van der Waals surface area (Å²) in [6.45, 7) is 1.94. The molecule has 2 heterocycles. The molecule has 0 saturated heterocycles. The molecule has 0 fully saturated rings. The van der Waals surface area contributed by atoms with Crippen LogP contribution in [0.15, 0.2) is 42.5 Å². The van der Waals surface area contributed by atoms with Crippen LogP contribution < -0.4 is 5.32 Å². The molecule has 110 valence electrons. The number of carbonyl (C=O) groups is 1. The van der Waals surface area contributed by atoms with E-state index in [1.165, 1.54) is 11.3 Å². The lowest BCUT2D eigenvalue weighted by Gasteiger charge is -2.02. The molecule has 1 amide bonds. The number of nitrogens with one attached hydrogen (secondary N) is 1. The monoisotopic (exact) mass is 317 g/mol. The van der Waals surface area contributed by atoms with Gasteiger partial charge in [0.15, 0.2) is 0 Å². The number of rotatable bonds is 1. The van der Waals surface area contributed by atoms with Crippen LogP contribution in [0.2, 0.25) is 0 Å². The molecule has 0 unspecified atom stereocenters. The Morgan fingerprint density at radius 2 is 2.04 bits per heavy atom. The molecule has 23 heavy (non-hydrogen) atoms. The van der Waals surface area contributed by atoms with Gasteiger partial charge in [-0.3, -0.25) is 4.79 Å². The first-order valence-corrected chi connectivity index (χ1v) is 7.92. The summed E-state index contributed by atoms with van der Waals surface area (Å²) in [5.41, 5.74) is 4.10. The number of aryl methyl sites for hydroxylation is 1. The number of aromatic nitrogens is 1. The molecule has 1 aromatic heterocycles. The molecule has 2 aromatic carbocycles. The third kappa shape index (κ3) is 2.04. The van der Waals surface area contributed by atoms with Crippen molar-refractivity contribution in [3.63, 3.8) is 0 Å². The van der Waals surface area contributed by atoms with Gasteiger partial charge in [0.1, 0.15) is 16.6 Å². The minimum absolute atomic E-state index is 0.245. The van der Waals surface area contributed by atoms with E-state index >= 15 is 0 Å². The van der Waals surface area contributed by atoms with Crippen LogP contribution in [-0.4, -0.2) is 10.9 Å². The van der Waals surface area contributed by atoms with E-state index < -0.39 is 0 Å². The number of nitrogens with zero attached hydrogens (tertiary/aromatic N) is 2. The van der Waals surface area contributed by atoms with E-state index in [1.807, 2.05) is 49.4 Å². The first-order chi connectivity index (χ1) is 11.2. The quantitative estimate of drug-likeness (QED) is 0.545. The Morgan fingerprint density at radius 3 is 2.83 bits per heavy atom. The fraction of sp³-hybridized carbons (Fsp3) is 0.0556. The summed E-state index contributed by atoms with van der Waals surface area (Å²) in [6.07, 6.45) is 0. The van der Waals surface area contributed by atoms with Gasteiger partial charge < -0.3 is 5.32 Å². The minimum Gasteiger partial charge on any atom is -0.321 e. The zero-order valence-corrected chi connectivity index (χ0v) is 13.1. The number of amides is 1. The summed E-state index contributed by atoms with van der Waals surface area (Å²) < 4.78 is 0.999. The van der Waals surface area contributed by atoms with Crippen molar-refractivity contribution in [1.29, 1.82) is 5.26 Å². The van der Waals surface area contributed by atoms with Crippen molar-refractivity contribution in [2.45, 2.75) is 6.92 Å². The van der Waals surface area contributed by atoms with Crippen molar-refractivity contribution in [1.82, 2.24) is 4.98 Å². The Kier molecular flexibility index (Phi) is 3.00. The standard InChI is InChI=1S/C18H11N3OS/c1-10-5-4-6-11-15(17(22)21-16(10)11)12(9-19)18-20-13-7-2-3-8-14(13)23-18/h2-8H,1H3,(H,21,22). The van der Waals surface area contributed by atoms with Gasteiger partial charge in [-0.1, -0.05) is 30.3 Å². The lowest BCUT2D eigenvalue weighted by Crippen LogP contribution is -2.06. The number of hydrogen-bond donors (Lipinski definition) is 1. The van der Waals surface area contributed by atoms with Gasteiger partial charge in [-0.25, -0.2) is 4.98 Å². The number of hydrogen-bond acceptors (Lipinski definition) is 4. The summed E-state index contributed by atoms with van der Waals surface area (Å²) in [7, 11) is 0. The van der Waals surface area contributed by atoms with Gasteiger partial charge in [0, 0.05) is 5.56 Å². The van der Waals surface area contributed by atoms with Gasteiger partial charge in [0.05, 0.1) is 21.5 Å². The number of para-hydroxylation sites is 2. The molecule has 4 nitrogen and oxygen atoms in total. The maximum absolute atomic E-state index is 12.4. The molecule has 0 atom stereocenters. The van der Waals surface area contributed by atoms with Crippen molar-refractivity contribution >= 4 is 44.3 Å². The Morgan fingerprint density at radius 1 is 1.22 bits per heavy atom. The molecule has 1 aliphatic heterocycles. The largest absolute Gasteiger partial charge is 0.321 e. The number of thiazole rings is 1. The molecule has 0 saturated carbocycles. The van der Waals surface area contributed by atoms with Crippen LogP contribution in [0.1, 0.15) is 16.1 Å². The first-order valence-electron chi connectivity index (χ1n) is 7.10. The molecule has 4 rings (SSSR count). The molecule has 1 aliphatic rings. The van der Waals surface area contributed by atoms with Crippen molar-refractivity contribution in [2.75, 3.05) is 5.32 Å². The maximum Gasteiger partial charge on any atom is 0.257 e. The van der Waals surface area contributed by atoms with Crippen LogP contribution in [0.5, 0.6) is 0 Å². The number of allylic oxidation sites excluding steroid dienone is 1. The Balaban J connectivity index is 2.00. The van der Waals surface area contributed by atoms with Crippen LogP contribution in [0.4, 0.5) is 5.69 Å². The van der Waals surface area contributed by atoms with Crippen molar-refractivity contribution in [3.05, 3.63) is 58.6 Å². The molecule has 0 radical (unpaired) electrons. The van der Waals surface area contributed by atoms with Crippen LogP contribution in [0, 0.1) is 18.3 Å². The lowest BCUT2D eigenvalue weighted by atomic mass is 10.0. The number of fused-ring (bicyclic) bond motifs is 2. The molecule has 0 spiro atoms. The summed E-state index contributed by atoms with van der Waals surface area (Å²) in [5, 5.41) is 13.1. The average Bonchev–Trinajstić information content (AvgIpc) is 3.11. The predicted molar refractivity (Wildman–Crippen MR) is 91.9 cm³/mol. The van der Waals surface area contributed by atoms with E-state index in [-0.39, 0.29) is 5.91 Å². The lowest BCUT2D eigenvalue weighted by molar-refractivity contribution is -0.110. The molecule has 0 bridgehead atoms. The third-order valence-corrected chi connectivity index (χ3v) is 4.93. The topological polar surface area (TPSA) is 65.8 Å². The van der Waals surface area contributed by atoms with Gasteiger partial charge in [0.2, 0.25) is 0 Å². The van der Waals surface area contributed by atoms with Crippen LogP contribution in [0.3, 0.4) is 0 Å². The number of nitriles is 1. The summed E-state index contributed by atoms with van der Waals surface area (Å²) in [5.74, 6) is -0.245. The normalized spacial score (nSPS) is 15.2. The second kappa shape index (κ2) is 5.04. The van der Waals surface area contributed by atoms with E-state index in [4.69, 9.17) is 0 Å². The molecular weight excluding hydrogens is 306 g/mol. The van der Waals surface area contributed by atoms with Crippen LogP contribution in [0.25, 0.3) is 21.4 Å². The highest BCUT2D eigenvalue weighted by atomic mass is 32.1. The third-order valence-electron chi connectivity index (χ3n) is 3.88. The molecular formula is C18H11N3OS. The molecule has 5 heteroatoms. The Labute approximate surface area is 136 Å². The smallest absolute Gasteiger partial charge is 0.257 e. The SMILES string of the molecule is Cc1cccc2c1NC(=O)C2=C(C#N)c1nc2ccccc2s1. The van der Waals surface area contributed by atoms with Crippen molar-refractivity contribution in [2.24, 2.45) is 0 Å². The van der Waals surface area contributed by atoms with Gasteiger partial charge in [0.25, 0.3) is 5.91 Å². The van der Waals surface area contributed by atoms with Crippen LogP contribution in [-0.2, 0) is 4.79 Å². The molecule has 1 N–H and O–H groups in total. The highest BCUT2D eigenvalue weighted by Crippen LogP contribution is 2.39. The zero-order valence-electron chi connectivity index (χ0n) is 12.3. The Hall–Kier alpha value is -2.97. The summed E-state index contributed by atoms with van der Waals surface area (Å²) >= 11 is 1.43. The fourth-order valence-electron chi connectivity index (χ4n) is 2.78. The molecule has 3 aromatic rings. The van der Waals surface area contributed by atoms with Crippen molar-refractivity contribution < 1.29 is 4.79 Å². The highest BCUT2D eigenvalue weighted by Gasteiger charge is 2.30. The maximum atomic E-state index is 12.4. The van der Waals surface area contributed by atoms with Gasteiger partial charge in [-0.05, 0) is 24.6 Å². The highest BCUT2D eigenvalue weighted by molar-refractivity contribution is 7.19. The number of benzene rings is 2. The average molecular weight is 317 g/mol. The van der Waals surface area contributed by atoms with E-state index in [2.05, 4.69) is 16.4 Å². The first kappa shape index (κ1) is 13.7. The Bertz CT molecular complexity index is 1010. The predicted octanol–water partition coefficient (Wildman–Crippen LogP) is 3.99. The second-order valence-corrected chi connectivity index (χ2v) is 6.33. The fourth-order valence-corrected chi connectivity index (χ4v) is 3.75. The van der Waals surface area contributed by atoms with E-state index in [0.717, 1.165) is 27.0 Å². The van der Waals surface area contributed by atoms with Gasteiger partial charge in [-0.2, -0.15) is 5.26 Å². The van der Waals surface area contributed by atoms with Crippen molar-refractivity contribution in [3.8, 4) is 6.07 Å². The summed E-state index contributed by atoms with van der Waals surface area (Å²) in [6, 6.07) is 15.6.